The van der Waals surface area contributed by atoms with Gasteiger partial charge < -0.3 is 9.22 Å². The van der Waals surface area contributed by atoms with Gasteiger partial charge in [0.25, 0.3) is 0 Å². The zero-order chi connectivity index (χ0) is 14.0. The van der Waals surface area contributed by atoms with Crippen LogP contribution in [-0.4, -0.2) is 47.9 Å². The van der Waals surface area contributed by atoms with E-state index in [2.05, 4.69) is 14.0 Å². The van der Waals surface area contributed by atoms with Crippen LogP contribution in [0, 0.1) is 0 Å². The summed E-state index contributed by atoms with van der Waals surface area (Å²) in [6.45, 7) is 6.95. The van der Waals surface area contributed by atoms with Crippen molar-refractivity contribution in [3.8, 4) is 0 Å². The third-order valence-corrected chi connectivity index (χ3v) is 5.24. The van der Waals surface area contributed by atoms with Gasteiger partial charge in [0.2, 0.25) is 4.38 Å². The standard InChI is InChI=1S/C15H30NOS2/c1-3-4-8-14-19-15(18)17-13-9-12-16(2)10-6-5-7-11-16/h3-14H2,1-2H3/q+1. The third-order valence-electron chi connectivity index (χ3n) is 3.93. The Balaban J connectivity index is 1.99. The average Bonchev–Trinajstić information content (AvgIpc) is 2.41. The number of thiocarbonyl (C=S) groups is 1. The zero-order valence-electron chi connectivity index (χ0n) is 12.7. The number of ether oxygens (including phenoxy) is 1. The van der Waals surface area contributed by atoms with Gasteiger partial charge in [-0.3, -0.25) is 0 Å². The van der Waals surface area contributed by atoms with E-state index < -0.39 is 0 Å². The molecule has 0 atom stereocenters. The van der Waals surface area contributed by atoms with E-state index in [0.717, 1.165) is 23.2 Å². The van der Waals surface area contributed by atoms with E-state index >= 15 is 0 Å². The minimum atomic E-state index is 0.748. The van der Waals surface area contributed by atoms with Crippen LogP contribution < -0.4 is 0 Å². The number of unbranched alkanes of at least 4 members (excludes halogenated alkanes) is 2. The van der Waals surface area contributed by atoms with Gasteiger partial charge in [-0.1, -0.05) is 31.5 Å². The molecule has 0 aromatic carbocycles. The molecule has 0 bridgehead atoms. The van der Waals surface area contributed by atoms with Crippen molar-refractivity contribution in [2.24, 2.45) is 0 Å². The van der Waals surface area contributed by atoms with Crippen LogP contribution in [0.15, 0.2) is 0 Å². The number of nitrogens with zero attached hydrogens (tertiary/aromatic N) is 1. The van der Waals surface area contributed by atoms with Gasteiger partial charge in [-0.25, -0.2) is 0 Å². The number of rotatable bonds is 8. The number of likely N-dealkylation sites (tertiary alicyclic amines) is 1. The van der Waals surface area contributed by atoms with Gasteiger partial charge >= 0.3 is 0 Å². The van der Waals surface area contributed by atoms with Crippen molar-refractivity contribution in [1.29, 1.82) is 0 Å². The van der Waals surface area contributed by atoms with Gasteiger partial charge in [0.15, 0.2) is 0 Å². The van der Waals surface area contributed by atoms with Crippen molar-refractivity contribution in [2.45, 2.75) is 51.9 Å². The minimum absolute atomic E-state index is 0.748. The van der Waals surface area contributed by atoms with Crippen LogP contribution in [0.3, 0.4) is 0 Å². The second-order valence-electron chi connectivity index (χ2n) is 5.86. The van der Waals surface area contributed by atoms with Crippen LogP contribution in [0.2, 0.25) is 0 Å². The van der Waals surface area contributed by atoms with Gasteiger partial charge in [0, 0.05) is 12.2 Å². The number of piperidine rings is 1. The molecule has 0 amide bonds. The van der Waals surface area contributed by atoms with Crippen LogP contribution in [0.1, 0.15) is 51.9 Å². The first kappa shape index (κ1) is 17.3. The molecule has 1 rings (SSSR count). The van der Waals surface area contributed by atoms with Crippen molar-refractivity contribution in [3.63, 3.8) is 0 Å². The highest BCUT2D eigenvalue weighted by atomic mass is 32.2. The molecule has 1 heterocycles. The Kier molecular flexibility index (Phi) is 9.08. The molecule has 1 fully saturated rings. The monoisotopic (exact) mass is 304 g/mol. The maximum absolute atomic E-state index is 5.64. The Labute approximate surface area is 128 Å². The summed E-state index contributed by atoms with van der Waals surface area (Å²) < 4.78 is 7.63. The minimum Gasteiger partial charge on any atom is -0.478 e. The van der Waals surface area contributed by atoms with Crippen molar-refractivity contribution < 1.29 is 9.22 Å². The van der Waals surface area contributed by atoms with Crippen molar-refractivity contribution in [1.82, 2.24) is 0 Å². The summed E-state index contributed by atoms with van der Waals surface area (Å²) in [6, 6.07) is 0. The summed E-state index contributed by atoms with van der Waals surface area (Å²) in [5.41, 5.74) is 0. The fourth-order valence-electron chi connectivity index (χ4n) is 2.65. The largest absolute Gasteiger partial charge is 0.478 e. The number of hydrogen-bond donors (Lipinski definition) is 0. The second-order valence-corrected chi connectivity index (χ2v) is 7.56. The molecule has 4 heteroatoms. The second kappa shape index (κ2) is 10.0. The summed E-state index contributed by atoms with van der Waals surface area (Å²) in [4.78, 5) is 0. The first-order valence-electron chi connectivity index (χ1n) is 7.79. The molecule has 112 valence electrons. The van der Waals surface area contributed by atoms with E-state index in [1.54, 1.807) is 11.8 Å². The maximum atomic E-state index is 5.64. The zero-order valence-corrected chi connectivity index (χ0v) is 14.3. The number of quaternary nitrogens is 1. The molecule has 1 aliphatic heterocycles. The Morgan fingerprint density at radius 2 is 1.89 bits per heavy atom. The normalized spacial score (nSPS) is 18.2. The van der Waals surface area contributed by atoms with Crippen molar-refractivity contribution in [3.05, 3.63) is 0 Å². The molecular formula is C15H30NOS2+. The summed E-state index contributed by atoms with van der Waals surface area (Å²) in [7, 11) is 2.39. The molecule has 1 saturated heterocycles. The Hall–Kier alpha value is 0.200. The van der Waals surface area contributed by atoms with Crippen molar-refractivity contribution >= 4 is 28.4 Å². The highest BCUT2D eigenvalue weighted by Crippen LogP contribution is 2.17. The van der Waals surface area contributed by atoms with E-state index in [1.807, 2.05) is 0 Å². The molecule has 0 saturated carbocycles. The molecule has 0 aromatic rings. The topological polar surface area (TPSA) is 9.23 Å². The van der Waals surface area contributed by atoms with E-state index in [4.69, 9.17) is 17.0 Å². The molecule has 0 spiro atoms. The third kappa shape index (κ3) is 8.16. The van der Waals surface area contributed by atoms with Gasteiger partial charge in [0.05, 0.1) is 33.3 Å². The first-order valence-corrected chi connectivity index (χ1v) is 9.19. The van der Waals surface area contributed by atoms with Gasteiger partial charge in [0.1, 0.15) is 0 Å². The molecule has 1 aliphatic rings. The SMILES string of the molecule is CCCCCSC(=S)OCCC[N+]1(C)CCCCC1. The van der Waals surface area contributed by atoms with E-state index in [1.165, 1.54) is 62.6 Å². The highest BCUT2D eigenvalue weighted by Gasteiger charge is 2.23. The predicted octanol–water partition coefficient (Wildman–Crippen LogP) is 4.23. The molecule has 0 N–H and O–H groups in total. The lowest BCUT2D eigenvalue weighted by molar-refractivity contribution is -0.914. The molecular weight excluding hydrogens is 274 g/mol. The fourth-order valence-corrected chi connectivity index (χ4v) is 3.67. The predicted molar refractivity (Wildman–Crippen MR) is 89.8 cm³/mol. The van der Waals surface area contributed by atoms with Crippen LogP contribution in [-0.2, 0) is 4.74 Å². The van der Waals surface area contributed by atoms with Crippen LogP contribution in [0.25, 0.3) is 0 Å². The van der Waals surface area contributed by atoms with Crippen LogP contribution in [0.4, 0.5) is 0 Å². The van der Waals surface area contributed by atoms with Crippen LogP contribution >= 0.6 is 24.0 Å². The van der Waals surface area contributed by atoms with Gasteiger partial charge in [-0.2, -0.15) is 0 Å². The lowest BCUT2D eigenvalue weighted by Crippen LogP contribution is -2.48. The summed E-state index contributed by atoms with van der Waals surface area (Å²) in [5, 5.41) is 0. The quantitative estimate of drug-likeness (QED) is 0.377. The van der Waals surface area contributed by atoms with Gasteiger partial charge in [-0.15, -0.1) is 0 Å². The summed E-state index contributed by atoms with van der Waals surface area (Å²) in [5.74, 6) is 1.11. The number of thioether (sulfide) groups is 1. The Morgan fingerprint density at radius 3 is 2.58 bits per heavy atom. The van der Waals surface area contributed by atoms with Gasteiger partial charge in [-0.05, 0) is 37.9 Å². The van der Waals surface area contributed by atoms with E-state index in [9.17, 15) is 0 Å². The molecule has 2 nitrogen and oxygen atoms in total. The Bertz CT molecular complexity index is 253. The maximum Gasteiger partial charge on any atom is 0.219 e. The first-order chi connectivity index (χ1) is 9.16. The molecule has 19 heavy (non-hydrogen) atoms. The lowest BCUT2D eigenvalue weighted by atomic mass is 10.1. The lowest BCUT2D eigenvalue weighted by Gasteiger charge is -2.37. The van der Waals surface area contributed by atoms with E-state index in [-0.39, 0.29) is 0 Å². The highest BCUT2D eigenvalue weighted by molar-refractivity contribution is 8.22. The Morgan fingerprint density at radius 1 is 1.16 bits per heavy atom. The average molecular weight is 305 g/mol. The molecule has 0 aliphatic carbocycles. The van der Waals surface area contributed by atoms with Crippen molar-refractivity contribution in [2.75, 3.05) is 39.0 Å². The molecule has 0 radical (unpaired) electrons. The summed E-state index contributed by atoms with van der Waals surface area (Å²) in [6.07, 6.45) is 9.15. The smallest absolute Gasteiger partial charge is 0.219 e. The molecule has 0 aromatic heterocycles. The number of hydrogen-bond acceptors (Lipinski definition) is 3. The molecule has 0 unspecified atom stereocenters. The van der Waals surface area contributed by atoms with E-state index in [0.29, 0.717) is 0 Å². The van der Waals surface area contributed by atoms with Crippen LogP contribution in [0.5, 0.6) is 0 Å². The summed E-state index contributed by atoms with van der Waals surface area (Å²) >= 11 is 6.94. The fraction of sp³-hybridized carbons (Fsp3) is 0.933.